The zero-order valence-electron chi connectivity index (χ0n) is 17.9. The van der Waals surface area contributed by atoms with Crippen molar-refractivity contribution in [3.63, 3.8) is 0 Å². The van der Waals surface area contributed by atoms with Gasteiger partial charge in [-0.2, -0.15) is 13.2 Å². The Kier molecular flexibility index (Phi) is 9.45. The number of hydrogen-bond donors (Lipinski definition) is 0. The molecule has 0 aromatic rings. The van der Waals surface area contributed by atoms with Gasteiger partial charge in [0.25, 0.3) is 0 Å². The van der Waals surface area contributed by atoms with Crippen molar-refractivity contribution in [2.75, 3.05) is 5.88 Å². The van der Waals surface area contributed by atoms with E-state index in [-0.39, 0.29) is 18.2 Å². The fourth-order valence-electron chi connectivity index (χ4n) is 4.21. The molecule has 1 rings (SSSR count). The predicted octanol–water partition coefficient (Wildman–Crippen LogP) is 8.57. The minimum absolute atomic E-state index is 0.162. The molecule has 0 heterocycles. The molecule has 0 aromatic heterocycles. The highest BCUT2D eigenvalue weighted by Crippen LogP contribution is 2.59. The molecule has 0 bridgehead atoms. The van der Waals surface area contributed by atoms with Crippen LogP contribution in [0.1, 0.15) is 80.1 Å². The van der Waals surface area contributed by atoms with E-state index < -0.39 is 17.5 Å². The number of allylic oxidation sites excluding steroid dienone is 4. The molecule has 0 nitrogen and oxygen atoms in total. The maximum atomic E-state index is 14.8. The Balaban J connectivity index is 3.46. The Morgan fingerprint density at radius 1 is 0.926 bits per heavy atom. The van der Waals surface area contributed by atoms with Crippen molar-refractivity contribution >= 4 is 11.6 Å². The molecule has 2 atom stereocenters. The highest BCUT2D eigenvalue weighted by molar-refractivity contribution is 6.19. The average Bonchev–Trinajstić information content (AvgIpc) is 2.54. The van der Waals surface area contributed by atoms with Crippen LogP contribution in [0.5, 0.6) is 0 Å². The highest BCUT2D eigenvalue weighted by Gasteiger charge is 2.61. The average molecular weight is 407 g/mol. The van der Waals surface area contributed by atoms with Gasteiger partial charge < -0.3 is 0 Å². The quantitative estimate of drug-likeness (QED) is 0.318. The summed E-state index contributed by atoms with van der Waals surface area (Å²) in [5.41, 5.74) is -0.432. The molecule has 0 aromatic carbocycles. The van der Waals surface area contributed by atoms with Gasteiger partial charge in [0.05, 0.1) is 5.41 Å². The lowest BCUT2D eigenvalue weighted by Crippen LogP contribution is -2.48. The summed E-state index contributed by atoms with van der Waals surface area (Å²) < 4.78 is 44.4. The third-order valence-corrected chi connectivity index (χ3v) is 6.22. The summed E-state index contributed by atoms with van der Waals surface area (Å²) in [5, 5.41) is 0. The van der Waals surface area contributed by atoms with Gasteiger partial charge in [0.2, 0.25) is 0 Å². The zero-order chi connectivity index (χ0) is 20.8. The topological polar surface area (TPSA) is 0 Å². The van der Waals surface area contributed by atoms with Crippen LogP contribution in [0.3, 0.4) is 0 Å². The number of halogens is 4. The van der Waals surface area contributed by atoms with Crippen LogP contribution in [0.15, 0.2) is 23.3 Å². The molecule has 27 heavy (non-hydrogen) atoms. The Morgan fingerprint density at radius 2 is 1.48 bits per heavy atom. The lowest BCUT2D eigenvalue weighted by molar-refractivity contribution is -0.230. The summed E-state index contributed by atoms with van der Waals surface area (Å²) in [6, 6.07) is 0. The maximum absolute atomic E-state index is 14.8. The van der Waals surface area contributed by atoms with Gasteiger partial charge in [-0.05, 0) is 55.8 Å². The van der Waals surface area contributed by atoms with Gasteiger partial charge >= 0.3 is 6.18 Å². The Labute approximate surface area is 169 Å². The summed E-state index contributed by atoms with van der Waals surface area (Å²) >= 11 is 6.14. The largest absolute Gasteiger partial charge is 0.398 e. The molecule has 1 aliphatic rings. The van der Waals surface area contributed by atoms with E-state index in [0.717, 1.165) is 18.4 Å². The molecule has 0 radical (unpaired) electrons. The second-order valence-electron chi connectivity index (χ2n) is 9.43. The van der Waals surface area contributed by atoms with Crippen LogP contribution in [-0.4, -0.2) is 12.1 Å². The van der Waals surface area contributed by atoms with E-state index in [4.69, 9.17) is 11.6 Å². The number of rotatable bonds is 10. The van der Waals surface area contributed by atoms with Gasteiger partial charge in [-0.3, -0.25) is 0 Å². The molecular weight excluding hydrogens is 369 g/mol. The van der Waals surface area contributed by atoms with E-state index in [2.05, 4.69) is 27.7 Å². The van der Waals surface area contributed by atoms with Crippen LogP contribution in [-0.2, 0) is 0 Å². The minimum atomic E-state index is -4.27. The minimum Gasteiger partial charge on any atom is -0.170 e. The molecule has 0 N–H and O–H groups in total. The zero-order valence-corrected chi connectivity index (χ0v) is 18.7. The van der Waals surface area contributed by atoms with E-state index in [1.165, 1.54) is 0 Å². The summed E-state index contributed by atoms with van der Waals surface area (Å²) in [6.45, 7) is 12.3. The van der Waals surface area contributed by atoms with Crippen molar-refractivity contribution in [1.82, 2.24) is 0 Å². The molecule has 0 aliphatic heterocycles. The SMILES string of the molecule is CC(C)CCC1=CC=C(CCl)C(CCC(C)C)C1(CCC(C)C)C(F)(F)F. The van der Waals surface area contributed by atoms with Crippen LogP contribution in [0.4, 0.5) is 13.2 Å². The van der Waals surface area contributed by atoms with Gasteiger partial charge in [0, 0.05) is 5.88 Å². The summed E-state index contributed by atoms with van der Waals surface area (Å²) in [4.78, 5) is 0. The molecule has 0 saturated heterocycles. The van der Waals surface area contributed by atoms with E-state index >= 15 is 0 Å². The lowest BCUT2D eigenvalue weighted by atomic mass is 9.58. The van der Waals surface area contributed by atoms with Crippen LogP contribution in [0, 0.1) is 29.1 Å². The summed E-state index contributed by atoms with van der Waals surface area (Å²) in [5.74, 6) is 0.642. The van der Waals surface area contributed by atoms with Crippen molar-refractivity contribution in [3.05, 3.63) is 23.3 Å². The molecule has 2 unspecified atom stereocenters. The maximum Gasteiger partial charge on any atom is 0.398 e. The van der Waals surface area contributed by atoms with Crippen LogP contribution < -0.4 is 0 Å². The van der Waals surface area contributed by atoms with Gasteiger partial charge in [0.15, 0.2) is 0 Å². The van der Waals surface area contributed by atoms with Crippen LogP contribution in [0.2, 0.25) is 0 Å². The Bertz CT molecular complexity index is 514. The molecular formula is C23H38ClF3. The fraction of sp³-hybridized carbons (Fsp3) is 0.826. The lowest BCUT2D eigenvalue weighted by Gasteiger charge is -2.48. The monoisotopic (exact) mass is 406 g/mol. The van der Waals surface area contributed by atoms with E-state index in [9.17, 15) is 13.2 Å². The number of alkyl halides is 4. The molecule has 0 amide bonds. The van der Waals surface area contributed by atoms with Crippen molar-refractivity contribution in [2.45, 2.75) is 86.2 Å². The first-order valence-corrected chi connectivity index (χ1v) is 11.0. The standard InChI is InChI=1S/C23H38ClF3/c1-16(2)7-10-20-11-9-19(15-24)21(12-8-17(3)4)22(20,23(25,26)27)14-13-18(5)6/h9,11,16-18,21H,7-8,10,12-15H2,1-6H3. The first kappa shape index (κ1) is 24.6. The molecule has 1 aliphatic carbocycles. The van der Waals surface area contributed by atoms with Crippen LogP contribution >= 0.6 is 11.6 Å². The second-order valence-corrected chi connectivity index (χ2v) is 9.69. The Hall–Kier alpha value is -0.440. The van der Waals surface area contributed by atoms with E-state index in [1.54, 1.807) is 6.08 Å². The van der Waals surface area contributed by atoms with Crippen LogP contribution in [0.25, 0.3) is 0 Å². The van der Waals surface area contributed by atoms with Gasteiger partial charge in [-0.15, -0.1) is 11.6 Å². The molecule has 0 spiro atoms. The van der Waals surface area contributed by atoms with Gasteiger partial charge in [0.1, 0.15) is 0 Å². The number of hydrogen-bond acceptors (Lipinski definition) is 0. The third-order valence-electron chi connectivity index (χ3n) is 5.91. The van der Waals surface area contributed by atoms with Gasteiger partial charge in [-0.1, -0.05) is 71.3 Å². The summed E-state index contributed by atoms with van der Waals surface area (Å²) in [6.07, 6.45) is 2.74. The van der Waals surface area contributed by atoms with E-state index in [1.807, 2.05) is 19.9 Å². The smallest absolute Gasteiger partial charge is 0.170 e. The second kappa shape index (κ2) is 10.4. The first-order valence-electron chi connectivity index (χ1n) is 10.5. The molecule has 4 heteroatoms. The van der Waals surface area contributed by atoms with Crippen molar-refractivity contribution in [1.29, 1.82) is 0 Å². The van der Waals surface area contributed by atoms with Gasteiger partial charge in [-0.25, -0.2) is 0 Å². The Morgan fingerprint density at radius 3 is 1.93 bits per heavy atom. The highest BCUT2D eigenvalue weighted by atomic mass is 35.5. The summed E-state index contributed by atoms with van der Waals surface area (Å²) in [7, 11) is 0. The molecule has 0 fully saturated rings. The first-order chi connectivity index (χ1) is 12.5. The van der Waals surface area contributed by atoms with Crippen molar-refractivity contribution < 1.29 is 13.2 Å². The fourth-order valence-corrected chi connectivity index (χ4v) is 4.48. The normalized spacial score (nSPS) is 24.0. The molecule has 0 saturated carbocycles. The molecule has 158 valence electrons. The van der Waals surface area contributed by atoms with Crippen molar-refractivity contribution in [2.24, 2.45) is 29.1 Å². The van der Waals surface area contributed by atoms with Crippen molar-refractivity contribution in [3.8, 4) is 0 Å². The third kappa shape index (κ3) is 6.27. The predicted molar refractivity (Wildman–Crippen MR) is 111 cm³/mol. The van der Waals surface area contributed by atoms with E-state index in [0.29, 0.717) is 36.7 Å².